The number of rotatable bonds is 2. The molecule has 2 aromatic heterocycles. The van der Waals surface area contributed by atoms with Gasteiger partial charge in [0.25, 0.3) is 0 Å². The Kier molecular flexibility index (Phi) is 8.33. The number of nitrogens with two attached hydrogens (primary N) is 2. The predicted octanol–water partition coefficient (Wildman–Crippen LogP) is -1.14. The molecule has 0 aromatic carbocycles. The van der Waals surface area contributed by atoms with Crippen LogP contribution in [0.1, 0.15) is 21.0 Å². The third kappa shape index (κ3) is 11.8. The summed E-state index contributed by atoms with van der Waals surface area (Å²) in [6, 6.07) is 2.39. The van der Waals surface area contributed by atoms with Gasteiger partial charge < -0.3 is 21.7 Å². The van der Waals surface area contributed by atoms with E-state index in [4.69, 9.17) is 39.2 Å². The van der Waals surface area contributed by atoms with Crippen molar-refractivity contribution in [1.82, 2.24) is 19.9 Å². The Morgan fingerprint density at radius 2 is 1.08 bits per heavy atom. The van der Waals surface area contributed by atoms with E-state index >= 15 is 0 Å². The molecular formula is C10H12N6O8S. The number of aromatic nitrogens is 4. The van der Waals surface area contributed by atoms with Gasteiger partial charge in [-0.25, -0.2) is 29.5 Å². The molecule has 25 heavy (non-hydrogen) atoms. The van der Waals surface area contributed by atoms with E-state index in [1.165, 1.54) is 12.1 Å². The number of hydrogen-bond acceptors (Lipinski definition) is 10. The molecule has 8 N–H and O–H groups in total. The molecule has 0 unspecified atom stereocenters. The van der Waals surface area contributed by atoms with Gasteiger partial charge in [0.05, 0.1) is 0 Å². The van der Waals surface area contributed by atoms with Crippen molar-refractivity contribution in [3.05, 3.63) is 36.2 Å². The van der Waals surface area contributed by atoms with Crippen LogP contribution in [0.5, 0.6) is 0 Å². The molecular weight excluding hydrogens is 364 g/mol. The number of anilines is 2. The SMILES string of the molecule is Nc1cc(C(=O)O)ncn1.Nc1cc(C(=O)O)ncn1.O=S(=O)(O)O. The summed E-state index contributed by atoms with van der Waals surface area (Å²) in [5, 5.41) is 16.7. The molecule has 0 saturated carbocycles. The van der Waals surface area contributed by atoms with Crippen LogP contribution in [-0.2, 0) is 10.4 Å². The zero-order valence-corrected chi connectivity index (χ0v) is 12.9. The van der Waals surface area contributed by atoms with Crippen LogP contribution in [0.3, 0.4) is 0 Å². The number of nitrogen functional groups attached to an aromatic ring is 2. The van der Waals surface area contributed by atoms with E-state index in [-0.39, 0.29) is 23.0 Å². The van der Waals surface area contributed by atoms with Gasteiger partial charge in [-0.3, -0.25) is 9.11 Å². The molecule has 0 aliphatic rings. The normalized spacial score (nSPS) is 9.68. The minimum absolute atomic E-state index is 0.0903. The molecule has 0 saturated heterocycles. The lowest BCUT2D eigenvalue weighted by Crippen LogP contribution is -2.02. The molecule has 15 heteroatoms. The quantitative estimate of drug-likeness (QED) is 0.339. The van der Waals surface area contributed by atoms with Gasteiger partial charge in [-0.05, 0) is 0 Å². The summed E-state index contributed by atoms with van der Waals surface area (Å²) < 4.78 is 31.6. The Balaban J connectivity index is 0.000000368. The van der Waals surface area contributed by atoms with Crippen LogP contribution in [-0.4, -0.2) is 59.6 Å². The third-order valence-electron chi connectivity index (χ3n) is 1.81. The van der Waals surface area contributed by atoms with Crippen molar-refractivity contribution in [2.75, 3.05) is 11.5 Å². The molecule has 0 spiro atoms. The minimum Gasteiger partial charge on any atom is -0.477 e. The van der Waals surface area contributed by atoms with Crippen LogP contribution in [0.25, 0.3) is 0 Å². The highest BCUT2D eigenvalue weighted by atomic mass is 32.3. The van der Waals surface area contributed by atoms with Crippen LogP contribution < -0.4 is 11.5 Å². The van der Waals surface area contributed by atoms with Gasteiger partial charge in [0.15, 0.2) is 11.4 Å². The Bertz CT molecular complexity index is 779. The van der Waals surface area contributed by atoms with Gasteiger partial charge in [0, 0.05) is 12.1 Å². The zero-order chi connectivity index (χ0) is 19.6. The third-order valence-corrected chi connectivity index (χ3v) is 1.81. The first kappa shape index (κ1) is 21.6. The largest absolute Gasteiger partial charge is 0.477 e. The van der Waals surface area contributed by atoms with E-state index in [0.717, 1.165) is 12.7 Å². The zero-order valence-electron chi connectivity index (χ0n) is 12.1. The smallest absolute Gasteiger partial charge is 0.394 e. The first-order valence-corrected chi connectivity index (χ1v) is 7.11. The maximum absolute atomic E-state index is 10.2. The summed E-state index contributed by atoms with van der Waals surface area (Å²) >= 11 is 0. The highest BCUT2D eigenvalue weighted by molar-refractivity contribution is 7.79. The highest BCUT2D eigenvalue weighted by Gasteiger charge is 2.03. The van der Waals surface area contributed by atoms with Crippen LogP contribution in [0.4, 0.5) is 11.6 Å². The first-order valence-electron chi connectivity index (χ1n) is 5.71. The molecule has 0 atom stereocenters. The second-order valence-corrected chi connectivity index (χ2v) is 4.61. The predicted molar refractivity (Wildman–Crippen MR) is 81.0 cm³/mol. The maximum atomic E-state index is 10.2. The Morgan fingerprint density at radius 3 is 1.24 bits per heavy atom. The summed E-state index contributed by atoms with van der Waals surface area (Å²) in [4.78, 5) is 34.4. The summed E-state index contributed by atoms with van der Waals surface area (Å²) in [6.07, 6.45) is 2.22. The van der Waals surface area contributed by atoms with Crippen molar-refractivity contribution in [3.63, 3.8) is 0 Å². The first-order chi connectivity index (χ1) is 11.4. The number of nitrogens with zero attached hydrogens (tertiary/aromatic N) is 4. The van der Waals surface area contributed by atoms with E-state index in [1.54, 1.807) is 0 Å². The molecule has 0 aliphatic carbocycles. The van der Waals surface area contributed by atoms with Crippen LogP contribution in [0.2, 0.25) is 0 Å². The topological polar surface area (TPSA) is 253 Å². The molecule has 0 bridgehead atoms. The molecule has 0 amide bonds. The van der Waals surface area contributed by atoms with Crippen molar-refractivity contribution in [2.24, 2.45) is 0 Å². The maximum Gasteiger partial charge on any atom is 0.394 e. The molecule has 0 aliphatic heterocycles. The summed E-state index contributed by atoms with van der Waals surface area (Å²) in [7, 11) is -4.67. The number of aromatic carboxylic acids is 2. The molecule has 2 heterocycles. The fourth-order valence-corrected chi connectivity index (χ4v) is 0.979. The van der Waals surface area contributed by atoms with Gasteiger partial charge in [-0.1, -0.05) is 0 Å². The van der Waals surface area contributed by atoms with Crippen molar-refractivity contribution in [3.8, 4) is 0 Å². The van der Waals surface area contributed by atoms with Gasteiger partial charge in [0.2, 0.25) is 0 Å². The number of carboxylic acid groups (broad SMARTS) is 2. The van der Waals surface area contributed by atoms with E-state index in [1.807, 2.05) is 0 Å². The van der Waals surface area contributed by atoms with Crippen LogP contribution >= 0.6 is 0 Å². The highest BCUT2D eigenvalue weighted by Crippen LogP contribution is 1.98. The molecule has 2 aromatic rings. The summed E-state index contributed by atoms with van der Waals surface area (Å²) in [5.41, 5.74) is 10.2. The van der Waals surface area contributed by atoms with E-state index in [9.17, 15) is 9.59 Å². The van der Waals surface area contributed by atoms with E-state index < -0.39 is 22.3 Å². The van der Waals surface area contributed by atoms with Crippen LogP contribution in [0.15, 0.2) is 24.8 Å². The second-order valence-electron chi connectivity index (χ2n) is 3.71. The van der Waals surface area contributed by atoms with Gasteiger partial charge >= 0.3 is 22.3 Å². The molecule has 136 valence electrons. The lowest BCUT2D eigenvalue weighted by Gasteiger charge is -1.91. The average Bonchev–Trinajstić information content (AvgIpc) is 2.46. The standard InChI is InChI=1S/2C5H5N3O2.H2O4S/c2*6-4-1-3(5(9)10)7-2-8-4;1-5(2,3)4/h2*1-2H,(H,9,10)(H2,6,7,8);(H2,1,2,3,4). The molecule has 0 fully saturated rings. The van der Waals surface area contributed by atoms with Crippen molar-refractivity contribution >= 4 is 34.0 Å². The Morgan fingerprint density at radius 1 is 0.800 bits per heavy atom. The van der Waals surface area contributed by atoms with Crippen LogP contribution in [0, 0.1) is 0 Å². The van der Waals surface area contributed by atoms with Gasteiger partial charge in [-0.15, -0.1) is 0 Å². The summed E-state index contributed by atoms with van der Waals surface area (Å²) in [6.45, 7) is 0. The summed E-state index contributed by atoms with van der Waals surface area (Å²) in [5.74, 6) is -1.89. The second kappa shape index (κ2) is 9.65. The van der Waals surface area contributed by atoms with Crippen molar-refractivity contribution in [2.45, 2.75) is 0 Å². The number of hydrogen-bond donors (Lipinski definition) is 6. The fraction of sp³-hybridized carbons (Fsp3) is 0. The molecule has 0 radical (unpaired) electrons. The lowest BCUT2D eigenvalue weighted by atomic mass is 10.4. The number of carboxylic acids is 2. The van der Waals surface area contributed by atoms with Crippen molar-refractivity contribution < 1.29 is 37.3 Å². The Labute approximate surface area is 139 Å². The van der Waals surface area contributed by atoms with Crippen molar-refractivity contribution in [1.29, 1.82) is 0 Å². The fourth-order valence-electron chi connectivity index (χ4n) is 0.979. The number of carbonyl (C=O) groups is 2. The average molecular weight is 376 g/mol. The van der Waals surface area contributed by atoms with Gasteiger partial charge in [0.1, 0.15) is 24.3 Å². The Hall–Kier alpha value is -3.43. The monoisotopic (exact) mass is 376 g/mol. The van der Waals surface area contributed by atoms with E-state index in [2.05, 4.69) is 19.9 Å². The lowest BCUT2D eigenvalue weighted by molar-refractivity contribution is 0.0679. The van der Waals surface area contributed by atoms with E-state index in [0.29, 0.717) is 0 Å². The molecule has 2 rings (SSSR count). The molecule has 14 nitrogen and oxygen atoms in total. The van der Waals surface area contributed by atoms with Gasteiger partial charge in [-0.2, -0.15) is 8.42 Å². The minimum atomic E-state index is -4.67.